The van der Waals surface area contributed by atoms with Gasteiger partial charge >= 0.3 is 0 Å². The van der Waals surface area contributed by atoms with Crippen LogP contribution >= 0.6 is 0 Å². The van der Waals surface area contributed by atoms with Crippen molar-refractivity contribution >= 4 is 28.3 Å². The van der Waals surface area contributed by atoms with Crippen LogP contribution < -0.4 is 10.7 Å². The Labute approximate surface area is 103 Å². The van der Waals surface area contributed by atoms with Crippen molar-refractivity contribution < 1.29 is 9.59 Å². The predicted octanol–water partition coefficient (Wildman–Crippen LogP) is 1.69. The monoisotopic (exact) mass is 244 g/mol. The maximum Gasteiger partial charge on any atom is 0.221 e. The molecule has 0 atom stereocenters. The van der Waals surface area contributed by atoms with Gasteiger partial charge in [-0.25, -0.2) is 0 Å². The van der Waals surface area contributed by atoms with Crippen molar-refractivity contribution in [2.75, 3.05) is 5.32 Å². The Kier molecular flexibility index (Phi) is 2.97. The molecule has 0 aliphatic carbocycles. The quantitative estimate of drug-likeness (QED) is 0.789. The van der Waals surface area contributed by atoms with E-state index >= 15 is 0 Å². The summed E-state index contributed by atoms with van der Waals surface area (Å²) in [4.78, 5) is 37.2. The lowest BCUT2D eigenvalue weighted by atomic mass is 10.1. The Morgan fingerprint density at radius 1 is 1.22 bits per heavy atom. The smallest absolute Gasteiger partial charge is 0.221 e. The Bertz CT molecular complexity index is 701. The largest absolute Gasteiger partial charge is 0.360 e. The van der Waals surface area contributed by atoms with Crippen molar-refractivity contribution in [3.63, 3.8) is 0 Å². The van der Waals surface area contributed by atoms with Crippen LogP contribution in [0.5, 0.6) is 0 Å². The number of carbonyl (C=O) groups is 2. The molecule has 0 aliphatic rings. The molecule has 0 saturated carbocycles. The minimum absolute atomic E-state index is 0.113. The zero-order chi connectivity index (χ0) is 13.3. The van der Waals surface area contributed by atoms with Crippen molar-refractivity contribution in [3.8, 4) is 0 Å². The maximum atomic E-state index is 12.1. The van der Waals surface area contributed by atoms with Crippen LogP contribution in [0.2, 0.25) is 0 Å². The van der Waals surface area contributed by atoms with Gasteiger partial charge in [0.05, 0.1) is 5.56 Å². The number of fused-ring (bicyclic) bond motifs is 1. The first-order chi connectivity index (χ1) is 8.49. The molecule has 1 aromatic carbocycles. The molecule has 0 radical (unpaired) electrons. The van der Waals surface area contributed by atoms with E-state index in [0.29, 0.717) is 16.6 Å². The van der Waals surface area contributed by atoms with E-state index in [4.69, 9.17) is 0 Å². The van der Waals surface area contributed by atoms with Crippen molar-refractivity contribution in [1.29, 1.82) is 0 Å². The second-order valence-electron chi connectivity index (χ2n) is 4.03. The lowest BCUT2D eigenvalue weighted by molar-refractivity contribution is -0.114. The Balaban J connectivity index is 2.66. The lowest BCUT2D eigenvalue weighted by Crippen LogP contribution is -2.14. The molecule has 1 heterocycles. The first-order valence-electron chi connectivity index (χ1n) is 5.43. The van der Waals surface area contributed by atoms with Crippen LogP contribution in [0.1, 0.15) is 24.2 Å². The van der Waals surface area contributed by atoms with E-state index in [1.807, 2.05) is 0 Å². The standard InChI is InChI=1S/C13H12N2O3/c1-7(16)11-6-14-12-4-3-9(15-8(2)17)5-10(12)13(11)18/h3-6H,1-2H3,(H,14,18)(H,15,17). The average molecular weight is 244 g/mol. The number of Topliss-reactive ketones (excluding diaryl/α,β-unsaturated/α-hetero) is 1. The second kappa shape index (κ2) is 4.44. The summed E-state index contributed by atoms with van der Waals surface area (Å²) in [7, 11) is 0. The van der Waals surface area contributed by atoms with E-state index in [2.05, 4.69) is 10.3 Å². The highest BCUT2D eigenvalue weighted by Gasteiger charge is 2.09. The Morgan fingerprint density at radius 2 is 1.94 bits per heavy atom. The molecular formula is C13H12N2O3. The fourth-order valence-corrected chi connectivity index (χ4v) is 1.76. The highest BCUT2D eigenvalue weighted by atomic mass is 16.1. The number of carbonyl (C=O) groups excluding carboxylic acids is 2. The van der Waals surface area contributed by atoms with E-state index in [1.54, 1.807) is 18.2 Å². The summed E-state index contributed by atoms with van der Waals surface area (Å²) in [5, 5.41) is 2.98. The number of anilines is 1. The zero-order valence-electron chi connectivity index (χ0n) is 10.0. The van der Waals surface area contributed by atoms with Gasteiger partial charge in [-0.05, 0) is 25.1 Å². The van der Waals surface area contributed by atoms with Gasteiger partial charge in [0.1, 0.15) is 0 Å². The average Bonchev–Trinajstić information content (AvgIpc) is 2.29. The van der Waals surface area contributed by atoms with Crippen LogP contribution in [0.15, 0.2) is 29.2 Å². The number of ketones is 1. The van der Waals surface area contributed by atoms with Crippen LogP contribution in [0.25, 0.3) is 10.9 Å². The van der Waals surface area contributed by atoms with Crippen LogP contribution in [-0.2, 0) is 4.79 Å². The van der Waals surface area contributed by atoms with Crippen molar-refractivity contribution in [1.82, 2.24) is 4.98 Å². The zero-order valence-corrected chi connectivity index (χ0v) is 10.0. The third kappa shape index (κ3) is 2.15. The number of aromatic nitrogens is 1. The van der Waals surface area contributed by atoms with E-state index < -0.39 is 0 Å². The van der Waals surface area contributed by atoms with Crippen LogP contribution in [0.4, 0.5) is 5.69 Å². The summed E-state index contributed by atoms with van der Waals surface area (Å²) < 4.78 is 0. The maximum absolute atomic E-state index is 12.1. The summed E-state index contributed by atoms with van der Waals surface area (Å²) in [6.07, 6.45) is 1.41. The number of amides is 1. The van der Waals surface area contributed by atoms with Gasteiger partial charge < -0.3 is 10.3 Å². The van der Waals surface area contributed by atoms with Gasteiger partial charge in [0.2, 0.25) is 5.91 Å². The molecule has 0 aliphatic heterocycles. The van der Waals surface area contributed by atoms with Gasteiger partial charge in [-0.3, -0.25) is 14.4 Å². The second-order valence-corrected chi connectivity index (χ2v) is 4.03. The molecule has 5 nitrogen and oxygen atoms in total. The van der Waals surface area contributed by atoms with E-state index in [0.717, 1.165) is 0 Å². The summed E-state index contributed by atoms with van der Waals surface area (Å²) in [5.41, 5.74) is 0.936. The number of rotatable bonds is 2. The van der Waals surface area contributed by atoms with Crippen LogP contribution in [0, 0.1) is 0 Å². The first kappa shape index (κ1) is 12.0. The van der Waals surface area contributed by atoms with E-state index in [1.165, 1.54) is 20.0 Å². The number of benzene rings is 1. The molecule has 2 aromatic rings. The lowest BCUT2D eigenvalue weighted by Gasteiger charge is -2.04. The van der Waals surface area contributed by atoms with Gasteiger partial charge in [0.15, 0.2) is 11.2 Å². The number of H-pyrrole nitrogens is 1. The summed E-state index contributed by atoms with van der Waals surface area (Å²) in [5.74, 6) is -0.503. The van der Waals surface area contributed by atoms with E-state index in [9.17, 15) is 14.4 Å². The van der Waals surface area contributed by atoms with Gasteiger partial charge in [-0.15, -0.1) is 0 Å². The third-order valence-electron chi connectivity index (χ3n) is 2.58. The predicted molar refractivity (Wildman–Crippen MR) is 68.9 cm³/mol. The summed E-state index contributed by atoms with van der Waals surface area (Å²) in [6, 6.07) is 4.93. The fourth-order valence-electron chi connectivity index (χ4n) is 1.76. The number of nitrogens with one attached hydrogen (secondary N) is 2. The molecular weight excluding hydrogens is 232 g/mol. The van der Waals surface area contributed by atoms with Crippen LogP contribution in [0.3, 0.4) is 0 Å². The molecule has 1 amide bonds. The Morgan fingerprint density at radius 3 is 2.56 bits per heavy atom. The summed E-state index contributed by atoms with van der Waals surface area (Å²) in [6.45, 7) is 2.73. The molecule has 92 valence electrons. The third-order valence-corrected chi connectivity index (χ3v) is 2.58. The highest BCUT2D eigenvalue weighted by Crippen LogP contribution is 2.15. The molecule has 5 heteroatoms. The minimum atomic E-state index is -0.330. The molecule has 0 unspecified atom stereocenters. The SMILES string of the molecule is CC(=O)Nc1ccc2[nH]cc(C(C)=O)c(=O)c2c1. The van der Waals surface area contributed by atoms with Crippen molar-refractivity contribution in [2.45, 2.75) is 13.8 Å². The first-order valence-corrected chi connectivity index (χ1v) is 5.43. The normalized spacial score (nSPS) is 10.3. The van der Waals surface area contributed by atoms with E-state index in [-0.39, 0.29) is 22.7 Å². The van der Waals surface area contributed by atoms with Gasteiger partial charge in [-0.2, -0.15) is 0 Å². The van der Waals surface area contributed by atoms with Crippen LogP contribution in [-0.4, -0.2) is 16.7 Å². The molecule has 2 N–H and O–H groups in total. The molecule has 0 saturated heterocycles. The Hall–Kier alpha value is -2.43. The van der Waals surface area contributed by atoms with Gasteiger partial charge in [0, 0.05) is 29.7 Å². The number of aromatic amines is 1. The summed E-state index contributed by atoms with van der Waals surface area (Å²) >= 11 is 0. The molecule has 1 aromatic heterocycles. The fraction of sp³-hybridized carbons (Fsp3) is 0.154. The van der Waals surface area contributed by atoms with Crippen molar-refractivity contribution in [3.05, 3.63) is 40.2 Å². The molecule has 0 spiro atoms. The number of hydrogen-bond acceptors (Lipinski definition) is 3. The topological polar surface area (TPSA) is 79.0 Å². The molecule has 18 heavy (non-hydrogen) atoms. The minimum Gasteiger partial charge on any atom is -0.360 e. The van der Waals surface area contributed by atoms with Gasteiger partial charge in [0.25, 0.3) is 0 Å². The van der Waals surface area contributed by atoms with Gasteiger partial charge in [-0.1, -0.05) is 0 Å². The molecule has 0 fully saturated rings. The number of hydrogen-bond donors (Lipinski definition) is 2. The highest BCUT2D eigenvalue weighted by molar-refractivity contribution is 5.98. The molecule has 0 bridgehead atoms. The number of pyridine rings is 1. The van der Waals surface area contributed by atoms with Crippen molar-refractivity contribution in [2.24, 2.45) is 0 Å². The molecule has 2 rings (SSSR count).